The summed E-state index contributed by atoms with van der Waals surface area (Å²) in [5.41, 5.74) is 0. The molecule has 0 unspecified atom stereocenters. The number of rotatable bonds is 11. The van der Waals surface area contributed by atoms with Gasteiger partial charge in [0.15, 0.2) is 5.96 Å². The predicted octanol–water partition coefficient (Wildman–Crippen LogP) is 1.35. The molecule has 0 amide bonds. The molecule has 6 heteroatoms. The van der Waals surface area contributed by atoms with Crippen molar-refractivity contribution in [2.45, 2.75) is 19.8 Å². The molecule has 0 aliphatic heterocycles. The molecule has 0 saturated carbocycles. The summed E-state index contributed by atoms with van der Waals surface area (Å²) in [4.78, 5) is 6.86. The minimum Gasteiger partial charge on any atom is -0.469 e. The van der Waals surface area contributed by atoms with Gasteiger partial charge >= 0.3 is 0 Å². The lowest BCUT2D eigenvalue weighted by Gasteiger charge is -2.16. The predicted molar refractivity (Wildman–Crippen MR) is 90.4 cm³/mol. The highest BCUT2D eigenvalue weighted by molar-refractivity contribution is 5.79. The summed E-state index contributed by atoms with van der Waals surface area (Å²) in [5.74, 6) is 1.85. The second-order valence-corrected chi connectivity index (χ2v) is 5.17. The van der Waals surface area contributed by atoms with Gasteiger partial charge in [0.25, 0.3) is 0 Å². The van der Waals surface area contributed by atoms with Crippen molar-refractivity contribution in [1.29, 1.82) is 0 Å². The van der Waals surface area contributed by atoms with E-state index in [0.717, 1.165) is 63.9 Å². The Hall–Kier alpha value is -1.53. The molecule has 22 heavy (non-hydrogen) atoms. The van der Waals surface area contributed by atoms with E-state index in [4.69, 9.17) is 9.15 Å². The maximum absolute atomic E-state index is 5.32. The molecular formula is C16H30N4O2. The Morgan fingerprint density at radius 3 is 2.91 bits per heavy atom. The van der Waals surface area contributed by atoms with Gasteiger partial charge in [-0.1, -0.05) is 0 Å². The van der Waals surface area contributed by atoms with Crippen LogP contribution in [-0.2, 0) is 11.2 Å². The van der Waals surface area contributed by atoms with Crippen LogP contribution in [0.25, 0.3) is 0 Å². The van der Waals surface area contributed by atoms with E-state index in [-0.39, 0.29) is 0 Å². The molecule has 1 rings (SSSR count). The van der Waals surface area contributed by atoms with E-state index in [1.54, 1.807) is 13.4 Å². The van der Waals surface area contributed by atoms with Gasteiger partial charge < -0.3 is 24.7 Å². The Kier molecular flexibility index (Phi) is 10.1. The first kappa shape index (κ1) is 18.5. The topological polar surface area (TPSA) is 62.0 Å². The lowest BCUT2D eigenvalue weighted by Crippen LogP contribution is -2.39. The van der Waals surface area contributed by atoms with Gasteiger partial charge in [0.2, 0.25) is 0 Å². The maximum atomic E-state index is 5.32. The molecule has 0 spiro atoms. The second kappa shape index (κ2) is 12.1. The molecule has 6 nitrogen and oxygen atoms in total. The Bertz CT molecular complexity index is 393. The van der Waals surface area contributed by atoms with Crippen LogP contribution in [0.3, 0.4) is 0 Å². The molecule has 0 bridgehead atoms. The highest BCUT2D eigenvalue weighted by Crippen LogP contribution is 1.99. The summed E-state index contributed by atoms with van der Waals surface area (Å²) in [6.07, 6.45) is 3.61. The normalized spacial score (nSPS) is 11.9. The first-order valence-corrected chi connectivity index (χ1v) is 7.98. The Balaban J connectivity index is 2.22. The molecule has 1 aromatic rings. The van der Waals surface area contributed by atoms with Crippen LogP contribution in [0, 0.1) is 0 Å². The number of ether oxygens (including phenoxy) is 1. The maximum Gasteiger partial charge on any atom is 0.191 e. The molecule has 0 fully saturated rings. The number of methoxy groups -OCH3 is 1. The van der Waals surface area contributed by atoms with Crippen LogP contribution in [0.1, 0.15) is 19.1 Å². The number of nitrogens with one attached hydrogen (secondary N) is 2. The average Bonchev–Trinajstić information content (AvgIpc) is 3.01. The van der Waals surface area contributed by atoms with Crippen molar-refractivity contribution in [2.24, 2.45) is 4.99 Å². The van der Waals surface area contributed by atoms with E-state index in [1.807, 2.05) is 12.1 Å². The van der Waals surface area contributed by atoms with Gasteiger partial charge in [-0.15, -0.1) is 0 Å². The fourth-order valence-electron chi connectivity index (χ4n) is 2.02. The monoisotopic (exact) mass is 310 g/mol. The molecule has 1 aromatic heterocycles. The van der Waals surface area contributed by atoms with Crippen molar-refractivity contribution in [3.05, 3.63) is 24.2 Å². The van der Waals surface area contributed by atoms with Gasteiger partial charge in [0.05, 0.1) is 12.8 Å². The van der Waals surface area contributed by atoms with Crippen LogP contribution < -0.4 is 10.6 Å². The molecule has 0 aromatic carbocycles. The molecule has 0 saturated heterocycles. The zero-order chi connectivity index (χ0) is 16.0. The highest BCUT2D eigenvalue weighted by atomic mass is 16.5. The van der Waals surface area contributed by atoms with Crippen LogP contribution in [0.15, 0.2) is 27.8 Å². The first-order chi connectivity index (χ1) is 10.8. The number of furan rings is 1. The third kappa shape index (κ3) is 8.69. The molecule has 0 aliphatic rings. The lowest BCUT2D eigenvalue weighted by atomic mass is 10.3. The smallest absolute Gasteiger partial charge is 0.191 e. The standard InChI is InChI=1S/C16H30N4O2/c1-4-17-16(18-9-8-15-7-5-14-22-15)19-10-12-20(2)11-6-13-21-3/h5,7,14H,4,6,8-13H2,1-3H3,(H2,17,18,19). The fraction of sp³-hybridized carbons (Fsp3) is 0.688. The van der Waals surface area contributed by atoms with Crippen LogP contribution >= 0.6 is 0 Å². The quantitative estimate of drug-likeness (QED) is 0.367. The lowest BCUT2D eigenvalue weighted by molar-refractivity contribution is 0.180. The summed E-state index contributed by atoms with van der Waals surface area (Å²) in [7, 11) is 3.85. The summed E-state index contributed by atoms with van der Waals surface area (Å²) < 4.78 is 10.4. The Morgan fingerprint density at radius 1 is 1.36 bits per heavy atom. The van der Waals surface area contributed by atoms with Gasteiger partial charge in [-0.2, -0.15) is 0 Å². The molecule has 0 radical (unpaired) electrons. The van der Waals surface area contributed by atoms with E-state index in [9.17, 15) is 0 Å². The molecule has 0 atom stereocenters. The molecule has 2 N–H and O–H groups in total. The average molecular weight is 310 g/mol. The zero-order valence-electron chi connectivity index (χ0n) is 14.1. The van der Waals surface area contributed by atoms with Crippen molar-refractivity contribution in [3.8, 4) is 0 Å². The van der Waals surface area contributed by atoms with Gasteiger partial charge in [0.1, 0.15) is 5.76 Å². The molecule has 126 valence electrons. The number of guanidine groups is 1. The van der Waals surface area contributed by atoms with E-state index in [2.05, 4.69) is 34.5 Å². The zero-order valence-corrected chi connectivity index (χ0v) is 14.1. The molecular weight excluding hydrogens is 280 g/mol. The summed E-state index contributed by atoms with van der Waals surface area (Å²) in [5, 5.41) is 6.58. The third-order valence-electron chi connectivity index (χ3n) is 3.23. The van der Waals surface area contributed by atoms with Crippen molar-refractivity contribution in [3.63, 3.8) is 0 Å². The van der Waals surface area contributed by atoms with Crippen molar-refractivity contribution < 1.29 is 9.15 Å². The van der Waals surface area contributed by atoms with Crippen LogP contribution in [-0.4, -0.2) is 64.3 Å². The van der Waals surface area contributed by atoms with Crippen molar-refractivity contribution in [2.75, 3.05) is 53.5 Å². The van der Waals surface area contributed by atoms with Gasteiger partial charge in [-0.3, -0.25) is 4.99 Å². The largest absolute Gasteiger partial charge is 0.469 e. The van der Waals surface area contributed by atoms with E-state index < -0.39 is 0 Å². The SMILES string of the molecule is CCNC(=NCCN(C)CCCOC)NCCc1ccco1. The minimum atomic E-state index is 0.777. The summed E-state index contributed by atoms with van der Waals surface area (Å²) in [6, 6.07) is 3.90. The first-order valence-electron chi connectivity index (χ1n) is 7.98. The third-order valence-corrected chi connectivity index (χ3v) is 3.23. The van der Waals surface area contributed by atoms with Crippen molar-refractivity contribution in [1.82, 2.24) is 15.5 Å². The van der Waals surface area contributed by atoms with Crippen molar-refractivity contribution >= 4 is 5.96 Å². The van der Waals surface area contributed by atoms with Crippen LogP contribution in [0.4, 0.5) is 0 Å². The number of nitrogens with zero attached hydrogens (tertiary/aromatic N) is 2. The highest BCUT2D eigenvalue weighted by Gasteiger charge is 2.00. The summed E-state index contributed by atoms with van der Waals surface area (Å²) in [6.45, 7) is 7.30. The van der Waals surface area contributed by atoms with Crippen LogP contribution in [0.5, 0.6) is 0 Å². The van der Waals surface area contributed by atoms with Gasteiger partial charge in [0, 0.05) is 46.3 Å². The summed E-state index contributed by atoms with van der Waals surface area (Å²) >= 11 is 0. The Labute approximate surface area is 133 Å². The van der Waals surface area contributed by atoms with Gasteiger partial charge in [-0.25, -0.2) is 0 Å². The second-order valence-electron chi connectivity index (χ2n) is 5.17. The number of hydrogen-bond acceptors (Lipinski definition) is 4. The van der Waals surface area contributed by atoms with Crippen LogP contribution in [0.2, 0.25) is 0 Å². The molecule has 0 aliphatic carbocycles. The van der Waals surface area contributed by atoms with E-state index >= 15 is 0 Å². The number of likely N-dealkylation sites (N-methyl/N-ethyl adjacent to an activating group) is 1. The van der Waals surface area contributed by atoms with Gasteiger partial charge in [-0.05, 0) is 32.5 Å². The fourth-order valence-corrected chi connectivity index (χ4v) is 2.02. The Morgan fingerprint density at radius 2 is 2.23 bits per heavy atom. The minimum absolute atomic E-state index is 0.777. The van der Waals surface area contributed by atoms with E-state index in [0.29, 0.717) is 0 Å². The van der Waals surface area contributed by atoms with E-state index in [1.165, 1.54) is 0 Å². The molecule has 1 heterocycles. The number of aliphatic imine (C=N–C) groups is 1. The number of hydrogen-bond donors (Lipinski definition) is 2.